The number of aliphatic hydroxyl groups is 1. The lowest BCUT2D eigenvalue weighted by Crippen LogP contribution is -2.45. The second-order valence-electron chi connectivity index (χ2n) is 5.93. The molecular weight excluding hydrogens is 231 g/mol. The lowest BCUT2D eigenvalue weighted by Gasteiger charge is -2.40. The van der Waals surface area contributed by atoms with E-state index in [9.17, 15) is 18.3 Å². The van der Waals surface area contributed by atoms with Crippen LogP contribution in [0.4, 0.5) is 13.2 Å². The number of hydrogen-bond acceptors (Lipinski definition) is 2. The van der Waals surface area contributed by atoms with E-state index >= 15 is 0 Å². The van der Waals surface area contributed by atoms with Gasteiger partial charge in [0.05, 0.1) is 12.0 Å². The molecular formula is C12H22F3NO. The molecule has 102 valence electrons. The molecule has 2 nitrogen and oxygen atoms in total. The molecule has 0 spiro atoms. The summed E-state index contributed by atoms with van der Waals surface area (Å²) in [5.41, 5.74) is -0.570. The first kappa shape index (κ1) is 14.8. The minimum absolute atomic E-state index is 0.116. The van der Waals surface area contributed by atoms with E-state index in [0.29, 0.717) is 12.8 Å². The Labute approximate surface area is 101 Å². The highest BCUT2D eigenvalue weighted by Crippen LogP contribution is 2.39. The van der Waals surface area contributed by atoms with E-state index in [1.165, 1.54) is 0 Å². The van der Waals surface area contributed by atoms with Gasteiger partial charge >= 0.3 is 6.18 Å². The van der Waals surface area contributed by atoms with Gasteiger partial charge in [0, 0.05) is 13.1 Å². The molecule has 1 aliphatic carbocycles. The molecule has 2 N–H and O–H groups in total. The molecule has 0 aliphatic heterocycles. The Morgan fingerprint density at radius 2 is 1.65 bits per heavy atom. The molecule has 1 aliphatic rings. The first-order chi connectivity index (χ1) is 7.62. The smallest absolute Gasteiger partial charge is 0.389 e. The highest BCUT2D eigenvalue weighted by Gasteiger charge is 2.36. The normalized spacial score (nSPS) is 23.6. The fourth-order valence-electron chi connectivity index (χ4n) is 2.12. The summed E-state index contributed by atoms with van der Waals surface area (Å²) in [4.78, 5) is 0. The van der Waals surface area contributed by atoms with Crippen molar-refractivity contribution in [1.82, 2.24) is 5.32 Å². The van der Waals surface area contributed by atoms with E-state index in [0.717, 1.165) is 12.8 Å². The number of rotatable bonds is 4. The van der Waals surface area contributed by atoms with E-state index in [-0.39, 0.29) is 18.5 Å². The molecule has 0 aromatic heterocycles. The van der Waals surface area contributed by atoms with E-state index in [4.69, 9.17) is 0 Å². The van der Waals surface area contributed by atoms with Crippen LogP contribution in [0, 0.1) is 5.41 Å². The van der Waals surface area contributed by atoms with Crippen molar-refractivity contribution in [2.24, 2.45) is 5.41 Å². The van der Waals surface area contributed by atoms with E-state index in [1.807, 2.05) is 0 Å². The molecule has 1 fully saturated rings. The maximum absolute atomic E-state index is 11.9. The summed E-state index contributed by atoms with van der Waals surface area (Å²) in [7, 11) is 0. The van der Waals surface area contributed by atoms with Gasteiger partial charge in [0.15, 0.2) is 0 Å². The zero-order valence-corrected chi connectivity index (χ0v) is 10.5. The fourth-order valence-corrected chi connectivity index (χ4v) is 2.12. The van der Waals surface area contributed by atoms with Crippen LogP contribution in [0.1, 0.15) is 46.0 Å². The van der Waals surface area contributed by atoms with Crippen molar-refractivity contribution in [3.63, 3.8) is 0 Å². The van der Waals surface area contributed by atoms with Crippen LogP contribution in [0.2, 0.25) is 0 Å². The number of halogens is 3. The Kier molecular flexibility index (Phi) is 4.47. The molecule has 5 heteroatoms. The van der Waals surface area contributed by atoms with Gasteiger partial charge in [-0.1, -0.05) is 13.8 Å². The average Bonchev–Trinajstić information content (AvgIpc) is 2.17. The zero-order valence-electron chi connectivity index (χ0n) is 10.5. The summed E-state index contributed by atoms with van der Waals surface area (Å²) in [5.74, 6) is 0. The van der Waals surface area contributed by atoms with Crippen LogP contribution in [0.15, 0.2) is 0 Å². The maximum atomic E-state index is 11.9. The molecule has 0 saturated heterocycles. The van der Waals surface area contributed by atoms with Gasteiger partial charge in [0.2, 0.25) is 0 Å². The summed E-state index contributed by atoms with van der Waals surface area (Å²) in [5, 5.41) is 12.9. The minimum atomic E-state index is -4.12. The van der Waals surface area contributed by atoms with Gasteiger partial charge in [0.1, 0.15) is 0 Å². The topological polar surface area (TPSA) is 32.3 Å². The van der Waals surface area contributed by atoms with Crippen molar-refractivity contribution in [3.05, 3.63) is 0 Å². The first-order valence-electron chi connectivity index (χ1n) is 6.12. The van der Waals surface area contributed by atoms with Gasteiger partial charge in [-0.2, -0.15) is 13.2 Å². The lowest BCUT2D eigenvalue weighted by molar-refractivity contribution is -0.134. The Morgan fingerprint density at radius 1 is 1.12 bits per heavy atom. The van der Waals surface area contributed by atoms with Crippen molar-refractivity contribution in [2.45, 2.75) is 57.7 Å². The van der Waals surface area contributed by atoms with Crippen LogP contribution in [-0.4, -0.2) is 30.0 Å². The van der Waals surface area contributed by atoms with E-state index in [2.05, 4.69) is 19.2 Å². The van der Waals surface area contributed by atoms with Crippen LogP contribution in [0.5, 0.6) is 0 Å². The van der Waals surface area contributed by atoms with Crippen molar-refractivity contribution in [3.8, 4) is 0 Å². The second-order valence-corrected chi connectivity index (χ2v) is 5.93. The van der Waals surface area contributed by atoms with Crippen molar-refractivity contribution >= 4 is 0 Å². The third-order valence-corrected chi connectivity index (χ3v) is 3.57. The van der Waals surface area contributed by atoms with Crippen molar-refractivity contribution in [2.75, 3.05) is 13.1 Å². The van der Waals surface area contributed by atoms with Gasteiger partial charge < -0.3 is 10.4 Å². The van der Waals surface area contributed by atoms with Crippen LogP contribution in [-0.2, 0) is 0 Å². The van der Waals surface area contributed by atoms with Crippen molar-refractivity contribution in [1.29, 1.82) is 0 Å². The molecule has 0 bridgehead atoms. The maximum Gasteiger partial charge on any atom is 0.390 e. The third-order valence-electron chi connectivity index (χ3n) is 3.57. The predicted octanol–water partition coefficient (Wildman–Crippen LogP) is 2.86. The second kappa shape index (κ2) is 5.14. The van der Waals surface area contributed by atoms with Gasteiger partial charge in [-0.15, -0.1) is 0 Å². The monoisotopic (exact) mass is 253 g/mol. The quantitative estimate of drug-likeness (QED) is 0.755. The van der Waals surface area contributed by atoms with Crippen LogP contribution in [0.25, 0.3) is 0 Å². The van der Waals surface area contributed by atoms with Crippen LogP contribution in [0.3, 0.4) is 0 Å². The Hall–Kier alpha value is -0.290. The minimum Gasteiger partial charge on any atom is -0.389 e. The summed E-state index contributed by atoms with van der Waals surface area (Å²) in [6, 6.07) is 0. The molecule has 1 saturated carbocycles. The van der Waals surface area contributed by atoms with Crippen LogP contribution >= 0.6 is 0 Å². The van der Waals surface area contributed by atoms with E-state index in [1.54, 1.807) is 0 Å². The molecule has 17 heavy (non-hydrogen) atoms. The summed E-state index contributed by atoms with van der Waals surface area (Å²) in [6.45, 7) is 4.46. The van der Waals surface area contributed by atoms with Gasteiger partial charge in [-0.25, -0.2) is 0 Å². The highest BCUT2D eigenvalue weighted by atomic mass is 19.4. The summed E-state index contributed by atoms with van der Waals surface area (Å²) in [6.07, 6.45) is -1.79. The lowest BCUT2D eigenvalue weighted by atomic mass is 9.71. The summed E-state index contributed by atoms with van der Waals surface area (Å²) < 4.78 is 35.7. The number of hydrogen-bond donors (Lipinski definition) is 2. The molecule has 0 aromatic carbocycles. The molecule has 0 amide bonds. The molecule has 1 rings (SSSR count). The Bertz CT molecular complexity index is 241. The highest BCUT2D eigenvalue weighted by molar-refractivity contribution is 4.90. The predicted molar refractivity (Wildman–Crippen MR) is 60.7 cm³/mol. The summed E-state index contributed by atoms with van der Waals surface area (Å²) >= 11 is 0. The standard InChI is InChI=1S/C12H22F3NO/c1-10(2)3-5-11(17,6-4-10)9-16-8-7-12(13,14)15/h16-17H,3-9H2,1-2H3. The molecule has 0 radical (unpaired) electrons. The molecule has 0 atom stereocenters. The zero-order chi connectivity index (χ0) is 13.2. The SMILES string of the molecule is CC1(C)CCC(O)(CNCCC(F)(F)F)CC1. The fraction of sp³-hybridized carbons (Fsp3) is 1.00. The van der Waals surface area contributed by atoms with Gasteiger partial charge in [-0.05, 0) is 31.1 Å². The van der Waals surface area contributed by atoms with Gasteiger partial charge in [0.25, 0.3) is 0 Å². The first-order valence-corrected chi connectivity index (χ1v) is 6.12. The van der Waals surface area contributed by atoms with Crippen LogP contribution < -0.4 is 5.32 Å². The molecule has 0 unspecified atom stereocenters. The number of nitrogens with one attached hydrogen (secondary N) is 1. The molecule has 0 heterocycles. The van der Waals surface area contributed by atoms with Crippen molar-refractivity contribution < 1.29 is 18.3 Å². The molecule has 0 aromatic rings. The average molecular weight is 253 g/mol. The Balaban J connectivity index is 2.23. The van der Waals surface area contributed by atoms with E-state index < -0.39 is 18.2 Å². The Morgan fingerprint density at radius 3 is 2.12 bits per heavy atom. The van der Waals surface area contributed by atoms with Gasteiger partial charge in [-0.3, -0.25) is 0 Å². The number of alkyl halides is 3. The largest absolute Gasteiger partial charge is 0.390 e. The third kappa shape index (κ3) is 5.73.